The summed E-state index contributed by atoms with van der Waals surface area (Å²) < 4.78 is 12.3. The van der Waals surface area contributed by atoms with E-state index in [-0.39, 0.29) is 5.75 Å². The third-order valence-electron chi connectivity index (χ3n) is 8.55. The molecule has 0 aliphatic carbocycles. The van der Waals surface area contributed by atoms with Crippen molar-refractivity contribution in [2.24, 2.45) is 0 Å². The van der Waals surface area contributed by atoms with Gasteiger partial charge in [0.1, 0.15) is 28.9 Å². The lowest BCUT2D eigenvalue weighted by Crippen LogP contribution is -2.39. The van der Waals surface area contributed by atoms with Crippen molar-refractivity contribution in [2.75, 3.05) is 13.7 Å². The second kappa shape index (κ2) is 15.2. The van der Waals surface area contributed by atoms with Gasteiger partial charge in [0, 0.05) is 13.2 Å². The van der Waals surface area contributed by atoms with E-state index in [1.165, 1.54) is 64.3 Å². The SMILES string of the molecule is CO[Si](C)(C)CCCCCCCCOc1ccc(O)cc1[P+](c1ccc(C)cc1)(c1ccc(C)cc1)c1ccc(C)cc1. The fourth-order valence-corrected chi connectivity index (χ4v) is 11.3. The van der Waals surface area contributed by atoms with Crippen molar-refractivity contribution < 1.29 is 14.3 Å². The molecular formula is C38H50O3PSi+. The van der Waals surface area contributed by atoms with E-state index in [4.69, 9.17) is 9.16 Å². The van der Waals surface area contributed by atoms with E-state index in [1.54, 1.807) is 6.07 Å². The van der Waals surface area contributed by atoms with Crippen LogP contribution in [0.2, 0.25) is 19.1 Å². The summed E-state index contributed by atoms with van der Waals surface area (Å²) in [6, 6.07) is 33.8. The summed E-state index contributed by atoms with van der Waals surface area (Å²) in [4.78, 5) is 0. The van der Waals surface area contributed by atoms with Crippen LogP contribution < -0.4 is 26.0 Å². The van der Waals surface area contributed by atoms with Crippen LogP contribution in [0.4, 0.5) is 0 Å². The molecule has 0 saturated carbocycles. The summed E-state index contributed by atoms with van der Waals surface area (Å²) in [5, 5.41) is 15.7. The molecule has 1 N–H and O–H groups in total. The lowest BCUT2D eigenvalue weighted by molar-refractivity contribution is 0.306. The van der Waals surface area contributed by atoms with E-state index in [1.807, 2.05) is 19.2 Å². The zero-order chi connectivity index (χ0) is 30.9. The maximum Gasteiger partial charge on any atom is 0.186 e. The highest BCUT2D eigenvalue weighted by Gasteiger charge is 2.50. The molecule has 0 spiro atoms. The minimum Gasteiger partial charge on any atom is -0.508 e. The summed E-state index contributed by atoms with van der Waals surface area (Å²) in [5.74, 6) is 1.12. The Balaban J connectivity index is 1.65. The molecule has 0 bridgehead atoms. The van der Waals surface area contributed by atoms with Crippen LogP contribution in [-0.2, 0) is 4.43 Å². The van der Waals surface area contributed by atoms with E-state index < -0.39 is 15.6 Å². The van der Waals surface area contributed by atoms with Crippen LogP contribution in [0.5, 0.6) is 11.5 Å². The highest BCUT2D eigenvalue weighted by Crippen LogP contribution is 2.56. The van der Waals surface area contributed by atoms with E-state index >= 15 is 0 Å². The van der Waals surface area contributed by atoms with Gasteiger partial charge in [-0.3, -0.25) is 0 Å². The molecule has 0 fully saturated rings. The number of phenols is 1. The third-order valence-corrected chi connectivity index (χ3v) is 15.5. The Bertz CT molecular complexity index is 1320. The van der Waals surface area contributed by atoms with Gasteiger partial charge in [0.2, 0.25) is 0 Å². The minimum absolute atomic E-state index is 0.262. The molecule has 4 aromatic carbocycles. The first-order valence-corrected chi connectivity index (χ1v) is 20.7. The Morgan fingerprint density at radius 1 is 0.605 bits per heavy atom. The van der Waals surface area contributed by atoms with Crippen LogP contribution in [0, 0.1) is 20.8 Å². The molecule has 4 aromatic rings. The van der Waals surface area contributed by atoms with Gasteiger partial charge in [-0.2, -0.15) is 0 Å². The van der Waals surface area contributed by atoms with Crippen molar-refractivity contribution in [3.8, 4) is 11.5 Å². The van der Waals surface area contributed by atoms with Crippen LogP contribution in [0.15, 0.2) is 91.0 Å². The first-order valence-electron chi connectivity index (χ1n) is 15.8. The van der Waals surface area contributed by atoms with Gasteiger partial charge in [-0.05, 0) is 94.9 Å². The van der Waals surface area contributed by atoms with Crippen LogP contribution in [0.1, 0.15) is 55.2 Å². The molecule has 0 unspecified atom stereocenters. The standard InChI is InChI=1S/C38H49O3PSi/c1-30-13-20-34(21-14-30)42(35-22-15-31(2)16-23-35,36-24-17-32(3)18-25-36)38-29-33(39)19-26-37(38)41-27-11-9-7-8-10-12-28-43(5,6)40-4/h13-26,29H,7-12,27-28H2,1-6H3/p+1. The van der Waals surface area contributed by atoms with Gasteiger partial charge < -0.3 is 14.3 Å². The Morgan fingerprint density at radius 3 is 1.51 bits per heavy atom. The quantitative estimate of drug-likeness (QED) is 0.0830. The smallest absolute Gasteiger partial charge is 0.186 e. The van der Waals surface area contributed by atoms with Gasteiger partial charge in [0.05, 0.1) is 6.61 Å². The Kier molecular flexibility index (Phi) is 11.7. The number of phenolic OH excluding ortho intramolecular Hbond substituents is 1. The number of hydrogen-bond acceptors (Lipinski definition) is 3. The number of hydrogen-bond donors (Lipinski definition) is 1. The van der Waals surface area contributed by atoms with Crippen LogP contribution in [0.25, 0.3) is 0 Å². The van der Waals surface area contributed by atoms with Gasteiger partial charge >= 0.3 is 0 Å². The van der Waals surface area contributed by atoms with Gasteiger partial charge in [-0.1, -0.05) is 85.2 Å². The molecular weight excluding hydrogens is 563 g/mol. The third kappa shape index (κ3) is 8.38. The molecule has 0 amide bonds. The second-order valence-electron chi connectivity index (χ2n) is 12.5. The van der Waals surface area contributed by atoms with E-state index in [2.05, 4.69) is 107 Å². The summed E-state index contributed by atoms with van der Waals surface area (Å²) in [7, 11) is -1.99. The van der Waals surface area contributed by atoms with Gasteiger partial charge in [-0.15, -0.1) is 0 Å². The van der Waals surface area contributed by atoms with Crippen LogP contribution >= 0.6 is 7.26 Å². The first kappa shape index (κ1) is 33.0. The summed E-state index contributed by atoms with van der Waals surface area (Å²) in [5.41, 5.74) is 3.68. The highest BCUT2D eigenvalue weighted by molar-refractivity contribution is 8.01. The van der Waals surface area contributed by atoms with E-state index in [0.29, 0.717) is 6.61 Å². The zero-order valence-corrected chi connectivity index (χ0v) is 28.9. The molecule has 0 radical (unpaired) electrons. The van der Waals surface area contributed by atoms with Crippen molar-refractivity contribution in [2.45, 2.75) is 78.4 Å². The van der Waals surface area contributed by atoms with Gasteiger partial charge in [0.25, 0.3) is 0 Å². The molecule has 4 rings (SSSR count). The average molecular weight is 614 g/mol. The number of ether oxygens (including phenoxy) is 1. The van der Waals surface area contributed by atoms with Crippen molar-refractivity contribution in [3.05, 3.63) is 108 Å². The molecule has 3 nitrogen and oxygen atoms in total. The lowest BCUT2D eigenvalue weighted by Gasteiger charge is -2.29. The molecule has 0 atom stereocenters. The monoisotopic (exact) mass is 613 g/mol. The fourth-order valence-electron chi connectivity index (χ4n) is 5.70. The predicted molar refractivity (Wildman–Crippen MR) is 190 cm³/mol. The molecule has 0 aliphatic heterocycles. The van der Waals surface area contributed by atoms with Crippen molar-refractivity contribution in [1.29, 1.82) is 0 Å². The Hall–Kier alpha value is -2.91. The number of unbranched alkanes of at least 4 members (excludes halogenated alkanes) is 5. The maximum atomic E-state index is 10.9. The van der Waals surface area contributed by atoms with Crippen molar-refractivity contribution in [1.82, 2.24) is 0 Å². The predicted octanol–water partition coefficient (Wildman–Crippen LogP) is 8.51. The van der Waals surface area contributed by atoms with E-state index in [9.17, 15) is 5.11 Å². The second-order valence-corrected chi connectivity index (χ2v) is 20.3. The topological polar surface area (TPSA) is 38.7 Å². The molecule has 228 valence electrons. The fraction of sp³-hybridized carbons (Fsp3) is 0.368. The number of benzene rings is 4. The lowest BCUT2D eigenvalue weighted by atomic mass is 10.1. The summed E-state index contributed by atoms with van der Waals surface area (Å²) in [6.07, 6.45) is 7.22. The number of aromatic hydroxyl groups is 1. The van der Waals surface area contributed by atoms with E-state index in [0.717, 1.165) is 23.9 Å². The largest absolute Gasteiger partial charge is 0.508 e. The van der Waals surface area contributed by atoms with Crippen molar-refractivity contribution in [3.63, 3.8) is 0 Å². The average Bonchev–Trinajstić information content (AvgIpc) is 3.00. The molecule has 0 aliphatic rings. The van der Waals surface area contributed by atoms with Gasteiger partial charge in [-0.25, -0.2) is 0 Å². The van der Waals surface area contributed by atoms with Crippen LogP contribution in [0.3, 0.4) is 0 Å². The highest BCUT2D eigenvalue weighted by atomic mass is 31.2. The normalized spacial score (nSPS) is 12.0. The Labute approximate surface area is 261 Å². The van der Waals surface area contributed by atoms with Crippen molar-refractivity contribution >= 4 is 36.8 Å². The Morgan fingerprint density at radius 2 is 1.05 bits per heavy atom. The molecule has 0 saturated heterocycles. The van der Waals surface area contributed by atoms with Crippen LogP contribution in [-0.4, -0.2) is 27.1 Å². The number of rotatable bonds is 15. The maximum absolute atomic E-state index is 10.9. The number of aryl methyl sites for hydroxylation is 3. The minimum atomic E-state index is -2.41. The summed E-state index contributed by atoms with van der Waals surface area (Å²) >= 11 is 0. The molecule has 0 heterocycles. The first-order chi connectivity index (χ1) is 20.7. The van der Waals surface area contributed by atoms with Gasteiger partial charge in [0.15, 0.2) is 19.4 Å². The zero-order valence-electron chi connectivity index (χ0n) is 27.0. The molecule has 0 aromatic heterocycles. The summed E-state index contributed by atoms with van der Waals surface area (Å²) in [6.45, 7) is 11.7. The molecule has 5 heteroatoms. The molecule has 43 heavy (non-hydrogen) atoms.